The zero-order chi connectivity index (χ0) is 17.2. The average Bonchev–Trinajstić information content (AvgIpc) is 3.24. The predicted octanol–water partition coefficient (Wildman–Crippen LogP) is 2.85. The summed E-state index contributed by atoms with van der Waals surface area (Å²) in [5, 5.41) is 16.1. The Kier molecular flexibility index (Phi) is 11.0. The lowest BCUT2D eigenvalue weighted by Crippen LogP contribution is -2.37. The molecule has 1 saturated carbocycles. The van der Waals surface area contributed by atoms with Crippen molar-refractivity contribution in [2.75, 3.05) is 25.9 Å². The Morgan fingerprint density at radius 3 is 2.76 bits per heavy atom. The monoisotopic (exact) mass is 476 g/mol. The molecular formula is C17H29IN6S. The minimum absolute atomic E-state index is 0. The number of halogens is 1. The van der Waals surface area contributed by atoms with Crippen molar-refractivity contribution in [3.8, 4) is 12.3 Å². The Labute approximate surface area is 172 Å². The van der Waals surface area contributed by atoms with E-state index in [0.717, 1.165) is 42.9 Å². The Morgan fingerprint density at radius 1 is 1.36 bits per heavy atom. The van der Waals surface area contributed by atoms with Gasteiger partial charge in [-0.15, -0.1) is 40.6 Å². The minimum Gasteiger partial charge on any atom is -0.357 e. The van der Waals surface area contributed by atoms with E-state index in [0.29, 0.717) is 12.6 Å². The van der Waals surface area contributed by atoms with Crippen molar-refractivity contribution in [2.24, 2.45) is 4.99 Å². The third kappa shape index (κ3) is 6.70. The highest BCUT2D eigenvalue weighted by atomic mass is 127. The zero-order valence-electron chi connectivity index (χ0n) is 15.1. The Bertz CT molecular complexity index is 574. The van der Waals surface area contributed by atoms with E-state index in [2.05, 4.69) is 42.6 Å². The number of hydrogen-bond donors (Lipinski definition) is 2. The molecular weight excluding hydrogens is 447 g/mol. The van der Waals surface area contributed by atoms with Gasteiger partial charge in [-0.25, -0.2) is 0 Å². The molecule has 1 fully saturated rings. The maximum Gasteiger partial charge on any atom is 0.192 e. The van der Waals surface area contributed by atoms with E-state index >= 15 is 0 Å². The van der Waals surface area contributed by atoms with Gasteiger partial charge in [0.25, 0.3) is 0 Å². The van der Waals surface area contributed by atoms with Gasteiger partial charge in [0.2, 0.25) is 0 Å². The summed E-state index contributed by atoms with van der Waals surface area (Å²) in [4.78, 5) is 4.56. The van der Waals surface area contributed by atoms with Gasteiger partial charge in [-0.2, -0.15) is 0 Å². The highest BCUT2D eigenvalue weighted by Crippen LogP contribution is 2.33. The zero-order valence-corrected chi connectivity index (χ0v) is 18.3. The third-order valence-electron chi connectivity index (χ3n) is 4.14. The normalized spacial score (nSPS) is 14.8. The number of rotatable bonds is 8. The van der Waals surface area contributed by atoms with Crippen molar-refractivity contribution >= 4 is 41.7 Å². The van der Waals surface area contributed by atoms with E-state index in [1.165, 1.54) is 25.7 Å². The minimum atomic E-state index is 0. The fourth-order valence-corrected chi connectivity index (χ4v) is 3.62. The van der Waals surface area contributed by atoms with E-state index < -0.39 is 0 Å². The summed E-state index contributed by atoms with van der Waals surface area (Å²) in [7, 11) is 0. The molecule has 1 aromatic heterocycles. The van der Waals surface area contributed by atoms with Crippen LogP contribution in [0.2, 0.25) is 0 Å². The molecule has 8 heteroatoms. The van der Waals surface area contributed by atoms with Gasteiger partial charge >= 0.3 is 0 Å². The van der Waals surface area contributed by atoms with E-state index in [4.69, 9.17) is 6.42 Å². The second kappa shape index (κ2) is 12.4. The van der Waals surface area contributed by atoms with Crippen LogP contribution >= 0.6 is 35.7 Å². The number of aromatic nitrogens is 3. The van der Waals surface area contributed by atoms with Crippen molar-refractivity contribution in [1.82, 2.24) is 25.4 Å². The van der Waals surface area contributed by atoms with Crippen molar-refractivity contribution in [3.05, 3.63) is 5.82 Å². The molecule has 0 spiro atoms. The lowest BCUT2D eigenvalue weighted by Gasteiger charge is -2.16. The number of nitrogens with zero attached hydrogens (tertiary/aromatic N) is 4. The smallest absolute Gasteiger partial charge is 0.192 e. The van der Waals surface area contributed by atoms with Gasteiger partial charge < -0.3 is 15.2 Å². The predicted molar refractivity (Wildman–Crippen MR) is 116 cm³/mol. The van der Waals surface area contributed by atoms with Crippen molar-refractivity contribution in [1.29, 1.82) is 0 Å². The van der Waals surface area contributed by atoms with E-state index in [9.17, 15) is 0 Å². The molecule has 0 unspecified atom stereocenters. The maximum atomic E-state index is 5.28. The molecule has 0 saturated heterocycles. The molecule has 1 aliphatic carbocycles. The second-order valence-corrected chi connectivity index (χ2v) is 6.61. The molecule has 1 heterocycles. The number of thioether (sulfide) groups is 1. The fraction of sp³-hybridized carbons (Fsp3) is 0.706. The molecule has 0 aromatic carbocycles. The van der Waals surface area contributed by atoms with Gasteiger partial charge in [0.1, 0.15) is 5.82 Å². The standard InChI is InChI=1S/C17H28N6S.HI/c1-4-12-19-16(18-5-2)20-13-8-11-15-21-22-17(24-3)23(15)14-9-6-7-10-14;/h1,14H,5-13H2,2-3H3,(H2,18,19,20);1H. The van der Waals surface area contributed by atoms with Crippen molar-refractivity contribution in [3.63, 3.8) is 0 Å². The van der Waals surface area contributed by atoms with Crippen molar-refractivity contribution in [2.45, 2.75) is 56.6 Å². The number of terminal acetylenes is 1. The Balaban J connectivity index is 0.00000312. The van der Waals surface area contributed by atoms with Crippen LogP contribution in [0, 0.1) is 12.3 Å². The molecule has 0 radical (unpaired) electrons. The first-order valence-corrected chi connectivity index (χ1v) is 9.96. The van der Waals surface area contributed by atoms with Gasteiger partial charge in [-0.1, -0.05) is 30.5 Å². The van der Waals surface area contributed by atoms with Crippen LogP contribution in [-0.4, -0.2) is 46.6 Å². The fourth-order valence-electron chi connectivity index (χ4n) is 3.05. The molecule has 0 aliphatic heterocycles. The first-order chi connectivity index (χ1) is 11.8. The summed E-state index contributed by atoms with van der Waals surface area (Å²) >= 11 is 1.69. The first kappa shape index (κ1) is 22.1. The SMILES string of the molecule is C#CCNC(=NCCCc1nnc(SC)n1C1CCCC1)NCC.I. The molecule has 0 atom stereocenters. The Hall–Kier alpha value is -0.950. The highest BCUT2D eigenvalue weighted by Gasteiger charge is 2.23. The first-order valence-electron chi connectivity index (χ1n) is 8.73. The molecule has 0 amide bonds. The molecule has 1 aliphatic rings. The lowest BCUT2D eigenvalue weighted by atomic mass is 10.2. The van der Waals surface area contributed by atoms with Gasteiger partial charge in [-0.05, 0) is 32.4 Å². The number of nitrogens with one attached hydrogen (secondary N) is 2. The molecule has 2 rings (SSSR count). The van der Waals surface area contributed by atoms with E-state index in [1.807, 2.05) is 6.92 Å². The van der Waals surface area contributed by atoms with Crippen LogP contribution in [0.3, 0.4) is 0 Å². The number of guanidine groups is 1. The van der Waals surface area contributed by atoms with Crippen LogP contribution < -0.4 is 10.6 Å². The molecule has 140 valence electrons. The summed E-state index contributed by atoms with van der Waals surface area (Å²) in [5.41, 5.74) is 0. The highest BCUT2D eigenvalue weighted by molar-refractivity contribution is 14.0. The molecule has 1 aromatic rings. The van der Waals surface area contributed by atoms with Crippen molar-refractivity contribution < 1.29 is 0 Å². The van der Waals surface area contributed by atoms with Crippen LogP contribution in [0.1, 0.15) is 50.9 Å². The second-order valence-electron chi connectivity index (χ2n) is 5.83. The van der Waals surface area contributed by atoms with Gasteiger partial charge in [0.15, 0.2) is 11.1 Å². The lowest BCUT2D eigenvalue weighted by molar-refractivity contribution is 0.461. The maximum absolute atomic E-state index is 5.28. The Morgan fingerprint density at radius 2 is 2.12 bits per heavy atom. The van der Waals surface area contributed by atoms with E-state index in [1.54, 1.807) is 11.8 Å². The van der Waals surface area contributed by atoms with Crippen LogP contribution in [0.25, 0.3) is 0 Å². The third-order valence-corrected chi connectivity index (χ3v) is 4.78. The number of aryl methyl sites for hydroxylation is 1. The van der Waals surface area contributed by atoms with Gasteiger partial charge in [0.05, 0.1) is 6.54 Å². The summed E-state index contributed by atoms with van der Waals surface area (Å²) in [6.45, 7) is 4.09. The molecule has 2 N–H and O–H groups in total. The quantitative estimate of drug-likeness (QED) is 0.151. The summed E-state index contributed by atoms with van der Waals surface area (Å²) < 4.78 is 2.36. The summed E-state index contributed by atoms with van der Waals surface area (Å²) in [5.74, 6) is 4.44. The number of hydrogen-bond acceptors (Lipinski definition) is 4. The van der Waals surface area contributed by atoms with Gasteiger partial charge in [-0.3, -0.25) is 4.99 Å². The summed E-state index contributed by atoms with van der Waals surface area (Å²) in [6.07, 6.45) is 14.3. The summed E-state index contributed by atoms with van der Waals surface area (Å²) in [6, 6.07) is 0.579. The topological polar surface area (TPSA) is 67.1 Å². The molecule has 6 nitrogen and oxygen atoms in total. The van der Waals surface area contributed by atoms with Crippen LogP contribution in [-0.2, 0) is 6.42 Å². The molecule has 25 heavy (non-hydrogen) atoms. The van der Waals surface area contributed by atoms with Crippen LogP contribution in [0.5, 0.6) is 0 Å². The van der Waals surface area contributed by atoms with Crippen LogP contribution in [0.4, 0.5) is 0 Å². The molecule has 0 bridgehead atoms. The van der Waals surface area contributed by atoms with Crippen LogP contribution in [0.15, 0.2) is 10.1 Å². The van der Waals surface area contributed by atoms with Gasteiger partial charge in [0, 0.05) is 25.6 Å². The largest absolute Gasteiger partial charge is 0.357 e. The van der Waals surface area contributed by atoms with E-state index in [-0.39, 0.29) is 24.0 Å². The number of aliphatic imine (C=N–C) groups is 1. The average molecular weight is 476 g/mol.